The number of para-hydroxylation sites is 1. The van der Waals surface area contributed by atoms with Crippen molar-refractivity contribution < 1.29 is 4.79 Å². The van der Waals surface area contributed by atoms with Gasteiger partial charge in [0.05, 0.1) is 5.56 Å². The molecule has 0 aliphatic heterocycles. The summed E-state index contributed by atoms with van der Waals surface area (Å²) in [5.41, 5.74) is 3.16. The van der Waals surface area contributed by atoms with Crippen molar-refractivity contribution in [3.8, 4) is 5.82 Å². The molecule has 6 heteroatoms. The fraction of sp³-hybridized carbons (Fsp3) is 0. The number of hydrogen-bond acceptors (Lipinski definition) is 4. The molecule has 1 amide bonds. The van der Waals surface area contributed by atoms with Gasteiger partial charge in [0.2, 0.25) is 0 Å². The van der Waals surface area contributed by atoms with E-state index < -0.39 is 0 Å². The summed E-state index contributed by atoms with van der Waals surface area (Å²) >= 11 is 0. The average molecular weight is 355 g/mol. The Morgan fingerprint density at radius 1 is 0.815 bits per heavy atom. The Kier molecular flexibility index (Phi) is 4.61. The lowest BCUT2D eigenvalue weighted by atomic mass is 10.2. The Bertz CT molecular complexity index is 1010. The SMILES string of the molecule is O=C(Nc1ccc(Nc2ccccc2)cc1)c1ccc(-n2cccn2)nc1. The summed E-state index contributed by atoms with van der Waals surface area (Å²) in [4.78, 5) is 16.7. The number of carbonyl (C=O) groups is 1. The lowest BCUT2D eigenvalue weighted by Crippen LogP contribution is -2.12. The van der Waals surface area contributed by atoms with E-state index in [9.17, 15) is 4.79 Å². The van der Waals surface area contributed by atoms with E-state index in [-0.39, 0.29) is 5.91 Å². The second kappa shape index (κ2) is 7.53. The summed E-state index contributed by atoms with van der Waals surface area (Å²) in [7, 11) is 0. The molecule has 0 saturated heterocycles. The van der Waals surface area contributed by atoms with Crippen LogP contribution in [0.2, 0.25) is 0 Å². The molecule has 4 aromatic rings. The molecule has 132 valence electrons. The van der Waals surface area contributed by atoms with Crippen LogP contribution in [0.1, 0.15) is 10.4 Å². The topological polar surface area (TPSA) is 71.8 Å². The second-order valence-electron chi connectivity index (χ2n) is 5.88. The van der Waals surface area contributed by atoms with Gasteiger partial charge >= 0.3 is 0 Å². The first-order valence-electron chi connectivity index (χ1n) is 8.47. The fourth-order valence-corrected chi connectivity index (χ4v) is 2.59. The number of benzene rings is 2. The van der Waals surface area contributed by atoms with Gasteiger partial charge in [-0.2, -0.15) is 5.10 Å². The highest BCUT2D eigenvalue weighted by Crippen LogP contribution is 2.19. The van der Waals surface area contributed by atoms with Crippen LogP contribution in [-0.4, -0.2) is 20.7 Å². The van der Waals surface area contributed by atoms with E-state index in [1.54, 1.807) is 29.2 Å². The third-order valence-corrected chi connectivity index (χ3v) is 3.95. The fourth-order valence-electron chi connectivity index (χ4n) is 2.59. The minimum absolute atomic E-state index is 0.210. The Morgan fingerprint density at radius 2 is 1.56 bits per heavy atom. The van der Waals surface area contributed by atoms with Crippen LogP contribution in [0.4, 0.5) is 17.1 Å². The second-order valence-corrected chi connectivity index (χ2v) is 5.88. The quantitative estimate of drug-likeness (QED) is 0.561. The van der Waals surface area contributed by atoms with E-state index >= 15 is 0 Å². The average Bonchev–Trinajstić information content (AvgIpc) is 3.25. The summed E-state index contributed by atoms with van der Waals surface area (Å²) < 4.78 is 1.64. The van der Waals surface area contributed by atoms with Gasteiger partial charge in [0.25, 0.3) is 5.91 Å². The lowest BCUT2D eigenvalue weighted by Gasteiger charge is -2.09. The third kappa shape index (κ3) is 4.01. The first-order chi connectivity index (χ1) is 13.3. The summed E-state index contributed by atoms with van der Waals surface area (Å²) in [5, 5.41) is 10.3. The number of rotatable bonds is 5. The maximum Gasteiger partial charge on any atom is 0.257 e. The molecule has 0 saturated carbocycles. The molecule has 0 aliphatic rings. The summed E-state index contributed by atoms with van der Waals surface area (Å²) in [5.74, 6) is 0.450. The van der Waals surface area contributed by atoms with E-state index in [4.69, 9.17) is 0 Å². The Morgan fingerprint density at radius 3 is 2.22 bits per heavy atom. The van der Waals surface area contributed by atoms with E-state index in [0.29, 0.717) is 11.4 Å². The van der Waals surface area contributed by atoms with Crippen molar-refractivity contribution in [2.45, 2.75) is 0 Å². The van der Waals surface area contributed by atoms with Crippen LogP contribution < -0.4 is 10.6 Å². The zero-order valence-electron chi connectivity index (χ0n) is 14.4. The maximum absolute atomic E-state index is 12.4. The van der Waals surface area contributed by atoms with E-state index in [1.807, 2.05) is 60.7 Å². The number of amides is 1. The number of nitrogens with one attached hydrogen (secondary N) is 2. The number of nitrogens with zero attached hydrogens (tertiary/aromatic N) is 3. The van der Waals surface area contributed by atoms with Crippen molar-refractivity contribution in [3.63, 3.8) is 0 Å². The van der Waals surface area contributed by atoms with Crippen molar-refractivity contribution >= 4 is 23.0 Å². The van der Waals surface area contributed by atoms with Gasteiger partial charge in [-0.3, -0.25) is 4.79 Å². The predicted octanol–water partition coefficient (Wildman–Crippen LogP) is 4.26. The van der Waals surface area contributed by atoms with Crippen molar-refractivity contribution in [2.75, 3.05) is 10.6 Å². The molecular weight excluding hydrogens is 338 g/mol. The van der Waals surface area contributed by atoms with Gasteiger partial charge in [-0.15, -0.1) is 0 Å². The monoisotopic (exact) mass is 355 g/mol. The van der Waals surface area contributed by atoms with Gasteiger partial charge in [0.15, 0.2) is 5.82 Å². The first kappa shape index (κ1) is 16.5. The van der Waals surface area contributed by atoms with Crippen LogP contribution >= 0.6 is 0 Å². The first-order valence-corrected chi connectivity index (χ1v) is 8.47. The largest absolute Gasteiger partial charge is 0.356 e. The van der Waals surface area contributed by atoms with Gasteiger partial charge in [0.1, 0.15) is 0 Å². The van der Waals surface area contributed by atoms with Crippen LogP contribution in [0.3, 0.4) is 0 Å². The number of carbonyl (C=O) groups excluding carboxylic acids is 1. The van der Waals surface area contributed by atoms with Crippen LogP contribution in [-0.2, 0) is 0 Å². The predicted molar refractivity (Wildman–Crippen MR) is 105 cm³/mol. The van der Waals surface area contributed by atoms with Crippen molar-refractivity contribution in [2.24, 2.45) is 0 Å². The highest BCUT2D eigenvalue weighted by atomic mass is 16.1. The molecule has 6 nitrogen and oxygen atoms in total. The Labute approximate surface area is 156 Å². The van der Waals surface area contributed by atoms with Crippen LogP contribution in [0.5, 0.6) is 0 Å². The molecule has 0 fully saturated rings. The van der Waals surface area contributed by atoms with Crippen molar-refractivity contribution in [1.29, 1.82) is 0 Å². The standard InChI is InChI=1S/C21H17N5O/c27-21(16-7-12-20(22-15-16)26-14-4-13-23-26)25-19-10-8-18(9-11-19)24-17-5-2-1-3-6-17/h1-15,24H,(H,25,27). The molecule has 2 aromatic heterocycles. The molecule has 0 unspecified atom stereocenters. The van der Waals surface area contributed by atoms with Gasteiger partial charge < -0.3 is 10.6 Å². The normalized spacial score (nSPS) is 10.4. The summed E-state index contributed by atoms with van der Waals surface area (Å²) in [6.45, 7) is 0. The minimum atomic E-state index is -0.210. The third-order valence-electron chi connectivity index (χ3n) is 3.95. The highest BCUT2D eigenvalue weighted by Gasteiger charge is 2.07. The molecule has 0 aliphatic carbocycles. The molecule has 4 rings (SSSR count). The highest BCUT2D eigenvalue weighted by molar-refractivity contribution is 6.04. The molecule has 27 heavy (non-hydrogen) atoms. The molecule has 0 atom stereocenters. The molecule has 0 spiro atoms. The van der Waals surface area contributed by atoms with E-state index in [1.165, 1.54) is 6.20 Å². The van der Waals surface area contributed by atoms with E-state index in [2.05, 4.69) is 20.7 Å². The van der Waals surface area contributed by atoms with Gasteiger partial charge in [-0.05, 0) is 54.6 Å². The zero-order chi connectivity index (χ0) is 18.5. The molecular formula is C21H17N5O. The minimum Gasteiger partial charge on any atom is -0.356 e. The van der Waals surface area contributed by atoms with Gasteiger partial charge in [-0.1, -0.05) is 18.2 Å². The van der Waals surface area contributed by atoms with Crippen LogP contribution in [0, 0.1) is 0 Å². The Balaban J connectivity index is 1.40. The van der Waals surface area contributed by atoms with Crippen molar-refractivity contribution in [3.05, 3.63) is 97.0 Å². The number of aromatic nitrogens is 3. The van der Waals surface area contributed by atoms with Gasteiger partial charge in [-0.25, -0.2) is 9.67 Å². The Hall–Kier alpha value is -3.93. The number of pyridine rings is 1. The lowest BCUT2D eigenvalue weighted by molar-refractivity contribution is 0.102. The molecule has 2 heterocycles. The van der Waals surface area contributed by atoms with Crippen LogP contribution in [0.15, 0.2) is 91.4 Å². The number of anilines is 3. The zero-order valence-corrected chi connectivity index (χ0v) is 14.4. The molecule has 2 aromatic carbocycles. The van der Waals surface area contributed by atoms with Crippen molar-refractivity contribution in [1.82, 2.24) is 14.8 Å². The maximum atomic E-state index is 12.4. The molecule has 0 bridgehead atoms. The number of hydrogen-bond donors (Lipinski definition) is 2. The van der Waals surface area contributed by atoms with Crippen LogP contribution in [0.25, 0.3) is 5.82 Å². The summed E-state index contributed by atoms with van der Waals surface area (Å²) in [6, 6.07) is 22.8. The molecule has 0 radical (unpaired) electrons. The molecule has 2 N–H and O–H groups in total. The smallest absolute Gasteiger partial charge is 0.257 e. The summed E-state index contributed by atoms with van der Waals surface area (Å²) in [6.07, 6.45) is 5.02. The van der Waals surface area contributed by atoms with E-state index in [0.717, 1.165) is 17.1 Å². The van der Waals surface area contributed by atoms with Gasteiger partial charge in [0, 0.05) is 35.7 Å².